The molecule has 1 unspecified atom stereocenters. The highest BCUT2D eigenvalue weighted by molar-refractivity contribution is 6.31. The number of aryl methyl sites for hydroxylation is 1. The summed E-state index contributed by atoms with van der Waals surface area (Å²) in [7, 11) is 1.56. The molecular formula is C18H20ClNO2. The van der Waals surface area contributed by atoms with Crippen molar-refractivity contribution >= 4 is 23.2 Å². The van der Waals surface area contributed by atoms with E-state index in [0.29, 0.717) is 22.9 Å². The van der Waals surface area contributed by atoms with Crippen molar-refractivity contribution in [3.05, 3.63) is 58.6 Å². The summed E-state index contributed by atoms with van der Waals surface area (Å²) in [5.74, 6) is 0.674. The first-order valence-electron chi connectivity index (χ1n) is 7.20. The molecule has 2 aromatic carbocycles. The van der Waals surface area contributed by atoms with E-state index in [0.717, 1.165) is 11.1 Å². The second-order valence-corrected chi connectivity index (χ2v) is 5.77. The minimum absolute atomic E-state index is 0.0450. The van der Waals surface area contributed by atoms with Crippen LogP contribution in [0.25, 0.3) is 0 Å². The Balaban J connectivity index is 2.08. The first-order chi connectivity index (χ1) is 10.5. The van der Waals surface area contributed by atoms with Gasteiger partial charge in [-0.05, 0) is 30.0 Å². The number of halogens is 1. The molecule has 1 amide bonds. The van der Waals surface area contributed by atoms with Gasteiger partial charge in [0.05, 0.1) is 12.8 Å². The number of carbonyl (C=O) groups is 1. The second-order valence-electron chi connectivity index (χ2n) is 5.37. The molecule has 1 atom stereocenters. The zero-order chi connectivity index (χ0) is 16.1. The zero-order valence-electron chi connectivity index (χ0n) is 13.0. The third kappa shape index (κ3) is 4.01. The van der Waals surface area contributed by atoms with Crippen molar-refractivity contribution in [2.75, 3.05) is 12.4 Å². The van der Waals surface area contributed by atoms with Gasteiger partial charge in [0, 0.05) is 17.5 Å². The molecule has 4 heteroatoms. The fraction of sp³-hybridized carbons (Fsp3) is 0.278. The van der Waals surface area contributed by atoms with Crippen LogP contribution in [0.5, 0.6) is 5.75 Å². The van der Waals surface area contributed by atoms with Crippen molar-refractivity contribution < 1.29 is 9.53 Å². The Morgan fingerprint density at radius 2 is 1.95 bits per heavy atom. The SMILES string of the molecule is COc1cc(Cl)c(C)cc1NC(=O)CC(C)c1ccccc1. The molecule has 0 fully saturated rings. The van der Waals surface area contributed by atoms with Crippen LogP contribution in [0.4, 0.5) is 5.69 Å². The molecule has 3 nitrogen and oxygen atoms in total. The molecule has 0 aliphatic carbocycles. The van der Waals surface area contributed by atoms with E-state index < -0.39 is 0 Å². The highest BCUT2D eigenvalue weighted by Crippen LogP contribution is 2.31. The summed E-state index contributed by atoms with van der Waals surface area (Å²) < 4.78 is 5.27. The van der Waals surface area contributed by atoms with Crippen LogP contribution in [0.1, 0.15) is 30.4 Å². The van der Waals surface area contributed by atoms with Gasteiger partial charge in [-0.3, -0.25) is 4.79 Å². The maximum atomic E-state index is 12.3. The number of anilines is 1. The quantitative estimate of drug-likeness (QED) is 0.861. The molecular weight excluding hydrogens is 298 g/mol. The molecule has 0 saturated heterocycles. The van der Waals surface area contributed by atoms with E-state index >= 15 is 0 Å². The number of carbonyl (C=O) groups excluding carboxylic acids is 1. The average Bonchev–Trinajstić information content (AvgIpc) is 2.51. The van der Waals surface area contributed by atoms with Crippen molar-refractivity contribution in [3.8, 4) is 5.75 Å². The number of benzene rings is 2. The first kappa shape index (κ1) is 16.4. The standard InChI is InChI=1S/C18H20ClNO2/c1-12(14-7-5-4-6-8-14)10-18(21)20-16-9-13(2)15(19)11-17(16)22-3/h4-9,11-12H,10H2,1-3H3,(H,20,21). The molecule has 2 rings (SSSR count). The van der Waals surface area contributed by atoms with Crippen molar-refractivity contribution in [1.82, 2.24) is 0 Å². The molecule has 0 aliphatic heterocycles. The number of rotatable bonds is 5. The first-order valence-corrected chi connectivity index (χ1v) is 7.58. The Kier molecular flexibility index (Phi) is 5.45. The van der Waals surface area contributed by atoms with E-state index in [-0.39, 0.29) is 11.8 Å². The number of hydrogen-bond acceptors (Lipinski definition) is 2. The fourth-order valence-electron chi connectivity index (χ4n) is 2.31. The summed E-state index contributed by atoms with van der Waals surface area (Å²) in [4.78, 5) is 12.3. The lowest BCUT2D eigenvalue weighted by atomic mass is 9.97. The molecule has 22 heavy (non-hydrogen) atoms. The summed E-state index contributed by atoms with van der Waals surface area (Å²) in [5.41, 5.74) is 2.69. The number of ether oxygens (including phenoxy) is 1. The van der Waals surface area contributed by atoms with Crippen LogP contribution in [0.3, 0.4) is 0 Å². The van der Waals surface area contributed by atoms with Crippen LogP contribution in [-0.4, -0.2) is 13.0 Å². The van der Waals surface area contributed by atoms with E-state index in [4.69, 9.17) is 16.3 Å². The lowest BCUT2D eigenvalue weighted by Gasteiger charge is -2.15. The Morgan fingerprint density at radius 1 is 1.27 bits per heavy atom. The summed E-state index contributed by atoms with van der Waals surface area (Å²) >= 11 is 6.07. The van der Waals surface area contributed by atoms with Crippen LogP contribution in [0.15, 0.2) is 42.5 Å². The Hall–Kier alpha value is -2.00. The molecule has 0 heterocycles. The van der Waals surface area contributed by atoms with E-state index in [1.54, 1.807) is 13.2 Å². The second kappa shape index (κ2) is 7.32. The average molecular weight is 318 g/mol. The highest BCUT2D eigenvalue weighted by Gasteiger charge is 2.14. The van der Waals surface area contributed by atoms with Gasteiger partial charge < -0.3 is 10.1 Å². The van der Waals surface area contributed by atoms with Gasteiger partial charge in [0.1, 0.15) is 5.75 Å². The van der Waals surface area contributed by atoms with Crippen molar-refractivity contribution in [2.45, 2.75) is 26.2 Å². The summed E-state index contributed by atoms with van der Waals surface area (Å²) in [6.07, 6.45) is 0.412. The molecule has 116 valence electrons. The molecule has 1 N–H and O–H groups in total. The zero-order valence-corrected chi connectivity index (χ0v) is 13.8. The monoisotopic (exact) mass is 317 g/mol. The number of hydrogen-bond donors (Lipinski definition) is 1. The third-order valence-corrected chi connectivity index (χ3v) is 4.02. The van der Waals surface area contributed by atoms with E-state index in [2.05, 4.69) is 5.32 Å². The molecule has 0 aromatic heterocycles. The predicted molar refractivity (Wildman–Crippen MR) is 90.8 cm³/mol. The van der Waals surface area contributed by atoms with Crippen LogP contribution in [0, 0.1) is 6.92 Å². The summed E-state index contributed by atoms with van der Waals surface area (Å²) in [5, 5.41) is 3.53. The van der Waals surface area contributed by atoms with Gasteiger partial charge >= 0.3 is 0 Å². The minimum Gasteiger partial charge on any atom is -0.495 e. The Morgan fingerprint density at radius 3 is 2.59 bits per heavy atom. The summed E-state index contributed by atoms with van der Waals surface area (Å²) in [6.45, 7) is 3.93. The largest absolute Gasteiger partial charge is 0.495 e. The predicted octanol–water partition coefficient (Wildman–Crippen LogP) is 4.79. The molecule has 2 aromatic rings. The Labute approximate surface area is 136 Å². The van der Waals surface area contributed by atoms with Crippen LogP contribution in [0.2, 0.25) is 5.02 Å². The highest BCUT2D eigenvalue weighted by atomic mass is 35.5. The van der Waals surface area contributed by atoms with Gasteiger partial charge in [-0.15, -0.1) is 0 Å². The van der Waals surface area contributed by atoms with Gasteiger partial charge in [0.15, 0.2) is 0 Å². The number of amides is 1. The van der Waals surface area contributed by atoms with Gasteiger partial charge in [0.2, 0.25) is 5.91 Å². The van der Waals surface area contributed by atoms with E-state index in [1.807, 2.05) is 50.2 Å². The molecule has 0 radical (unpaired) electrons. The molecule has 0 spiro atoms. The smallest absolute Gasteiger partial charge is 0.225 e. The van der Waals surface area contributed by atoms with E-state index in [1.165, 1.54) is 0 Å². The minimum atomic E-state index is -0.0450. The molecule has 0 saturated carbocycles. The lowest BCUT2D eigenvalue weighted by Crippen LogP contribution is -2.15. The van der Waals surface area contributed by atoms with Gasteiger partial charge in [-0.1, -0.05) is 48.9 Å². The van der Waals surface area contributed by atoms with Crippen molar-refractivity contribution in [2.24, 2.45) is 0 Å². The number of nitrogens with one attached hydrogen (secondary N) is 1. The van der Waals surface area contributed by atoms with Gasteiger partial charge in [-0.25, -0.2) is 0 Å². The van der Waals surface area contributed by atoms with Gasteiger partial charge in [0.25, 0.3) is 0 Å². The van der Waals surface area contributed by atoms with Crippen LogP contribution >= 0.6 is 11.6 Å². The van der Waals surface area contributed by atoms with Crippen LogP contribution < -0.4 is 10.1 Å². The molecule has 0 bridgehead atoms. The topological polar surface area (TPSA) is 38.3 Å². The van der Waals surface area contributed by atoms with Crippen LogP contribution in [-0.2, 0) is 4.79 Å². The number of methoxy groups -OCH3 is 1. The lowest BCUT2D eigenvalue weighted by molar-refractivity contribution is -0.116. The van der Waals surface area contributed by atoms with Gasteiger partial charge in [-0.2, -0.15) is 0 Å². The maximum Gasteiger partial charge on any atom is 0.225 e. The Bertz CT molecular complexity index is 656. The van der Waals surface area contributed by atoms with Crippen molar-refractivity contribution in [1.29, 1.82) is 0 Å². The summed E-state index contributed by atoms with van der Waals surface area (Å²) in [6, 6.07) is 13.5. The van der Waals surface area contributed by atoms with E-state index in [9.17, 15) is 4.79 Å². The fourth-order valence-corrected chi connectivity index (χ4v) is 2.46. The third-order valence-electron chi connectivity index (χ3n) is 3.62. The molecule has 0 aliphatic rings. The normalized spacial score (nSPS) is 11.8. The van der Waals surface area contributed by atoms with Crippen molar-refractivity contribution in [3.63, 3.8) is 0 Å². The maximum absolute atomic E-state index is 12.3.